The summed E-state index contributed by atoms with van der Waals surface area (Å²) >= 11 is 0. The van der Waals surface area contributed by atoms with Crippen molar-refractivity contribution in [2.24, 2.45) is 0 Å². The fraction of sp³-hybridized carbons (Fsp3) is 0.519. The monoisotopic (exact) mass is 457 g/mol. The van der Waals surface area contributed by atoms with Gasteiger partial charge in [-0.3, -0.25) is 0 Å². The summed E-state index contributed by atoms with van der Waals surface area (Å²) in [5, 5.41) is 10.4. The standard InChI is InChI=1S/C27H33B2NO4/c1-23(2)24(3,4)32-28(31-23)17-10-12-19-20-13-11-18(29-33-25(5,6)26(7,8)34-29)15-22(20)27(9,16-30)21(19)14-17/h10-15H,1-9H3. The average molecular weight is 457 g/mol. The number of rotatable bonds is 2. The Morgan fingerprint density at radius 3 is 1.21 bits per heavy atom. The molecule has 5 rings (SSSR count). The van der Waals surface area contributed by atoms with Crippen molar-refractivity contribution in [3.8, 4) is 17.2 Å². The summed E-state index contributed by atoms with van der Waals surface area (Å²) in [6, 6.07) is 15.0. The van der Waals surface area contributed by atoms with E-state index >= 15 is 0 Å². The van der Waals surface area contributed by atoms with Crippen molar-refractivity contribution in [2.45, 2.75) is 90.1 Å². The first kappa shape index (κ1) is 23.6. The van der Waals surface area contributed by atoms with Crippen molar-refractivity contribution >= 4 is 25.2 Å². The van der Waals surface area contributed by atoms with Crippen molar-refractivity contribution in [1.29, 1.82) is 5.26 Å². The maximum absolute atomic E-state index is 10.4. The number of hydrogen-bond acceptors (Lipinski definition) is 5. The van der Waals surface area contributed by atoms with Crippen LogP contribution in [0.5, 0.6) is 0 Å². The predicted octanol–water partition coefficient (Wildman–Crippen LogP) is 4.09. The zero-order valence-electron chi connectivity index (χ0n) is 21.7. The topological polar surface area (TPSA) is 60.7 Å². The molecular weight excluding hydrogens is 424 g/mol. The molecule has 34 heavy (non-hydrogen) atoms. The lowest BCUT2D eigenvalue weighted by Crippen LogP contribution is -2.41. The molecule has 0 bridgehead atoms. The molecular formula is C27H33B2NO4. The van der Waals surface area contributed by atoms with Crippen LogP contribution in [0.1, 0.15) is 73.4 Å². The quantitative estimate of drug-likeness (QED) is 0.636. The minimum atomic E-state index is -0.802. The Labute approximate surface area is 204 Å². The van der Waals surface area contributed by atoms with Gasteiger partial charge in [0, 0.05) is 0 Å². The highest BCUT2D eigenvalue weighted by Crippen LogP contribution is 2.48. The highest BCUT2D eigenvalue weighted by Gasteiger charge is 2.54. The largest absolute Gasteiger partial charge is 0.494 e. The molecule has 2 aliphatic heterocycles. The van der Waals surface area contributed by atoms with E-state index in [-0.39, 0.29) is 0 Å². The van der Waals surface area contributed by atoms with Crippen LogP contribution in [0.2, 0.25) is 0 Å². The van der Waals surface area contributed by atoms with Crippen LogP contribution in [0.15, 0.2) is 36.4 Å². The Balaban J connectivity index is 1.54. The van der Waals surface area contributed by atoms with Crippen molar-refractivity contribution in [2.75, 3.05) is 0 Å². The summed E-state index contributed by atoms with van der Waals surface area (Å²) in [5.41, 5.74) is 3.46. The molecule has 1 aliphatic carbocycles. The van der Waals surface area contributed by atoms with E-state index in [9.17, 15) is 5.26 Å². The normalized spacial score (nSPS) is 24.6. The molecule has 0 amide bonds. The van der Waals surface area contributed by atoms with Gasteiger partial charge in [-0.25, -0.2) is 0 Å². The molecule has 2 aromatic rings. The van der Waals surface area contributed by atoms with Crippen molar-refractivity contribution in [1.82, 2.24) is 0 Å². The molecule has 176 valence electrons. The van der Waals surface area contributed by atoms with Crippen LogP contribution in [0.4, 0.5) is 0 Å². The first-order chi connectivity index (χ1) is 15.6. The first-order valence-corrected chi connectivity index (χ1v) is 12.0. The molecule has 0 saturated carbocycles. The maximum atomic E-state index is 10.4. The third-order valence-corrected chi connectivity index (χ3v) is 8.73. The van der Waals surface area contributed by atoms with Gasteiger partial charge in [-0.15, -0.1) is 0 Å². The van der Waals surface area contributed by atoms with Crippen LogP contribution in [-0.2, 0) is 24.0 Å². The third-order valence-electron chi connectivity index (χ3n) is 8.73. The Kier molecular flexibility index (Phi) is 4.85. The Morgan fingerprint density at radius 2 is 0.912 bits per heavy atom. The molecule has 0 atom stereocenters. The van der Waals surface area contributed by atoms with Gasteiger partial charge in [-0.1, -0.05) is 36.4 Å². The smallest absolute Gasteiger partial charge is 0.399 e. The molecule has 0 aromatic heterocycles. The van der Waals surface area contributed by atoms with Gasteiger partial charge in [-0.2, -0.15) is 5.26 Å². The van der Waals surface area contributed by atoms with Crippen molar-refractivity contribution < 1.29 is 18.6 Å². The number of benzene rings is 2. The molecule has 5 nitrogen and oxygen atoms in total. The Morgan fingerprint density at radius 1 is 0.588 bits per heavy atom. The van der Waals surface area contributed by atoms with Gasteiger partial charge in [-0.05, 0) is 95.5 Å². The summed E-state index contributed by atoms with van der Waals surface area (Å²) in [5.74, 6) is 0. The summed E-state index contributed by atoms with van der Waals surface area (Å²) in [4.78, 5) is 0. The van der Waals surface area contributed by atoms with Crippen LogP contribution >= 0.6 is 0 Å². The molecule has 2 saturated heterocycles. The average Bonchev–Trinajstić information content (AvgIpc) is 3.23. The first-order valence-electron chi connectivity index (χ1n) is 12.0. The molecule has 2 aromatic carbocycles. The highest BCUT2D eigenvalue weighted by molar-refractivity contribution is 6.62. The molecule has 2 fully saturated rings. The van der Waals surface area contributed by atoms with Crippen molar-refractivity contribution in [3.05, 3.63) is 47.5 Å². The zero-order chi connectivity index (χ0) is 24.9. The molecule has 7 heteroatoms. The van der Waals surface area contributed by atoms with Gasteiger partial charge in [0.25, 0.3) is 0 Å². The molecule has 0 unspecified atom stereocenters. The fourth-order valence-corrected chi connectivity index (χ4v) is 4.94. The second-order valence-electron chi connectivity index (χ2n) is 12.0. The molecule has 0 radical (unpaired) electrons. The fourth-order valence-electron chi connectivity index (χ4n) is 4.94. The lowest BCUT2D eigenvalue weighted by atomic mass is 9.73. The van der Waals surface area contributed by atoms with Crippen molar-refractivity contribution in [3.63, 3.8) is 0 Å². The Hall–Kier alpha value is -2.10. The summed E-state index contributed by atoms with van der Waals surface area (Å²) in [6.07, 6.45) is 0. The molecule has 2 heterocycles. The van der Waals surface area contributed by atoms with E-state index in [0.717, 1.165) is 33.2 Å². The zero-order valence-corrected chi connectivity index (χ0v) is 21.7. The molecule has 0 N–H and O–H groups in total. The number of nitriles is 1. The lowest BCUT2D eigenvalue weighted by molar-refractivity contribution is 0.00578. The number of fused-ring (bicyclic) bond motifs is 3. The molecule has 3 aliphatic rings. The molecule has 0 spiro atoms. The van der Waals surface area contributed by atoms with Gasteiger partial charge in [0.05, 0.1) is 28.5 Å². The van der Waals surface area contributed by atoms with Crippen LogP contribution in [0, 0.1) is 11.3 Å². The Bertz CT molecular complexity index is 1110. The number of nitrogens with zero attached hydrogens (tertiary/aromatic N) is 1. The third kappa shape index (κ3) is 3.16. The van der Waals surface area contributed by atoms with E-state index in [1.165, 1.54) is 0 Å². The van der Waals surface area contributed by atoms with E-state index in [1.54, 1.807) is 0 Å². The second-order valence-corrected chi connectivity index (χ2v) is 12.0. The van der Waals surface area contributed by atoms with Crippen LogP contribution in [0.3, 0.4) is 0 Å². The van der Waals surface area contributed by atoms with E-state index in [0.29, 0.717) is 0 Å². The van der Waals surface area contributed by atoms with E-state index in [4.69, 9.17) is 18.6 Å². The van der Waals surface area contributed by atoms with Gasteiger partial charge in [0.15, 0.2) is 0 Å². The van der Waals surface area contributed by atoms with Gasteiger partial charge >= 0.3 is 14.2 Å². The lowest BCUT2D eigenvalue weighted by Gasteiger charge is -2.32. The van der Waals surface area contributed by atoms with Gasteiger partial charge in [0.1, 0.15) is 5.41 Å². The second kappa shape index (κ2) is 6.98. The SMILES string of the molecule is CC1(C#N)c2cc(B3OC(C)(C)C(C)(C)O3)ccc2-c2ccc(B3OC(C)(C)C(C)(C)O3)cc21. The van der Waals surface area contributed by atoms with Crippen LogP contribution < -0.4 is 10.9 Å². The highest BCUT2D eigenvalue weighted by atomic mass is 16.7. The van der Waals surface area contributed by atoms with Gasteiger partial charge < -0.3 is 18.6 Å². The van der Waals surface area contributed by atoms with Crippen LogP contribution in [0.25, 0.3) is 11.1 Å². The maximum Gasteiger partial charge on any atom is 0.494 e. The van der Waals surface area contributed by atoms with E-state index in [2.05, 4.69) is 42.5 Å². The van der Waals surface area contributed by atoms with E-state index in [1.807, 2.05) is 62.3 Å². The summed E-state index contributed by atoms with van der Waals surface area (Å²) < 4.78 is 25.1. The predicted molar refractivity (Wildman–Crippen MR) is 135 cm³/mol. The van der Waals surface area contributed by atoms with E-state index < -0.39 is 42.1 Å². The van der Waals surface area contributed by atoms with Gasteiger partial charge in [0.2, 0.25) is 0 Å². The minimum Gasteiger partial charge on any atom is -0.399 e. The minimum absolute atomic E-state index is 0.421. The number of hydrogen-bond donors (Lipinski definition) is 0. The summed E-state index contributed by atoms with van der Waals surface area (Å²) in [6.45, 7) is 18.4. The van der Waals surface area contributed by atoms with Crippen LogP contribution in [-0.4, -0.2) is 36.6 Å². The summed E-state index contributed by atoms with van der Waals surface area (Å²) in [7, 11) is -0.940.